The molecule has 0 saturated heterocycles. The molecule has 1 amide bonds. The first kappa shape index (κ1) is 22.2. The van der Waals surface area contributed by atoms with E-state index in [-0.39, 0.29) is 25.0 Å². The zero-order valence-electron chi connectivity index (χ0n) is 18.5. The number of aromatic nitrogens is 1. The summed E-state index contributed by atoms with van der Waals surface area (Å²) in [6, 6.07) is 27.0. The molecule has 1 aromatic heterocycles. The predicted octanol–water partition coefficient (Wildman–Crippen LogP) is 5.75. The van der Waals surface area contributed by atoms with Gasteiger partial charge in [0.2, 0.25) is 0 Å². The Kier molecular flexibility index (Phi) is 7.10. The molecule has 0 bridgehead atoms. The maximum atomic E-state index is 13.7. The number of carbonyl (C=O) groups excluding carboxylic acids is 2. The lowest BCUT2D eigenvalue weighted by Gasteiger charge is -2.21. The molecule has 4 aromatic rings. The normalized spacial score (nSPS) is 11.7. The number of para-hydroxylation sites is 1. The van der Waals surface area contributed by atoms with Crippen molar-refractivity contribution in [3.8, 4) is 17.0 Å². The van der Waals surface area contributed by atoms with Crippen LogP contribution in [0.2, 0.25) is 0 Å². The molecular formula is C28H26N2O3. The van der Waals surface area contributed by atoms with Crippen LogP contribution < -0.4 is 10.1 Å². The van der Waals surface area contributed by atoms with Gasteiger partial charge in [0, 0.05) is 17.4 Å². The van der Waals surface area contributed by atoms with Gasteiger partial charge in [-0.05, 0) is 18.1 Å². The maximum Gasteiger partial charge on any atom is 0.256 e. The molecule has 0 aliphatic rings. The highest BCUT2D eigenvalue weighted by atomic mass is 16.5. The van der Waals surface area contributed by atoms with Crippen LogP contribution in [0.25, 0.3) is 22.2 Å². The standard InChI is InChI=1S/C28H26N2O3/c1-2-23(20-12-5-3-6-13-20)30-28(32)25-22-16-9-10-17-24(22)29-26(21-14-7-4-8-15-21)27(25)33-19-11-18-31/h3-10,12-18,23H,2,11,19H2,1H3,(H,30,32)/t23-/m0/s1. The summed E-state index contributed by atoms with van der Waals surface area (Å²) in [5.74, 6) is 0.157. The summed E-state index contributed by atoms with van der Waals surface area (Å²) >= 11 is 0. The molecule has 0 aliphatic heterocycles. The SMILES string of the molecule is CC[C@H](NC(=O)c1c(OCCC=O)c(-c2ccccc2)nc2ccccc12)c1ccccc1. The lowest BCUT2D eigenvalue weighted by Crippen LogP contribution is -2.29. The minimum Gasteiger partial charge on any atom is -0.490 e. The van der Waals surface area contributed by atoms with Gasteiger partial charge in [0.1, 0.15) is 12.0 Å². The molecule has 3 aromatic carbocycles. The van der Waals surface area contributed by atoms with E-state index in [1.165, 1.54) is 0 Å². The van der Waals surface area contributed by atoms with Gasteiger partial charge in [0.05, 0.1) is 23.7 Å². The van der Waals surface area contributed by atoms with E-state index in [1.807, 2.05) is 91.9 Å². The highest BCUT2D eigenvalue weighted by Crippen LogP contribution is 2.37. The Bertz CT molecular complexity index is 1240. The summed E-state index contributed by atoms with van der Waals surface area (Å²) in [5.41, 5.74) is 3.60. The van der Waals surface area contributed by atoms with Gasteiger partial charge in [0.15, 0.2) is 5.75 Å². The van der Waals surface area contributed by atoms with Crippen molar-refractivity contribution in [2.75, 3.05) is 6.61 Å². The van der Waals surface area contributed by atoms with Gasteiger partial charge >= 0.3 is 0 Å². The summed E-state index contributed by atoms with van der Waals surface area (Å²) in [6.45, 7) is 2.21. The van der Waals surface area contributed by atoms with Crippen molar-refractivity contribution in [3.05, 3.63) is 96.1 Å². The third-order valence-corrected chi connectivity index (χ3v) is 5.52. The van der Waals surface area contributed by atoms with E-state index in [0.29, 0.717) is 27.9 Å². The van der Waals surface area contributed by atoms with Crippen molar-refractivity contribution < 1.29 is 14.3 Å². The molecule has 5 heteroatoms. The number of nitrogens with zero attached hydrogens (tertiary/aromatic N) is 1. The number of ether oxygens (including phenoxy) is 1. The molecule has 0 radical (unpaired) electrons. The Morgan fingerprint density at radius 3 is 2.33 bits per heavy atom. The summed E-state index contributed by atoms with van der Waals surface area (Å²) in [5, 5.41) is 3.89. The van der Waals surface area contributed by atoms with Crippen LogP contribution in [0.3, 0.4) is 0 Å². The quantitative estimate of drug-likeness (QED) is 0.267. The van der Waals surface area contributed by atoms with Gasteiger partial charge in [-0.15, -0.1) is 0 Å². The fraction of sp³-hybridized carbons (Fsp3) is 0.179. The van der Waals surface area contributed by atoms with E-state index in [2.05, 4.69) is 5.32 Å². The highest BCUT2D eigenvalue weighted by molar-refractivity contribution is 6.10. The monoisotopic (exact) mass is 438 g/mol. The molecule has 4 rings (SSSR count). The zero-order chi connectivity index (χ0) is 23.0. The number of hydrogen-bond donors (Lipinski definition) is 1. The molecule has 0 saturated carbocycles. The molecule has 0 spiro atoms. The Morgan fingerprint density at radius 2 is 1.64 bits per heavy atom. The lowest BCUT2D eigenvalue weighted by atomic mass is 10.00. The Labute approximate surface area is 193 Å². The van der Waals surface area contributed by atoms with E-state index in [1.54, 1.807) is 0 Å². The van der Waals surface area contributed by atoms with Gasteiger partial charge in [0.25, 0.3) is 5.91 Å². The van der Waals surface area contributed by atoms with Crippen LogP contribution in [0, 0.1) is 0 Å². The van der Waals surface area contributed by atoms with Gasteiger partial charge in [-0.3, -0.25) is 4.79 Å². The number of rotatable bonds is 9. The topological polar surface area (TPSA) is 68.3 Å². The van der Waals surface area contributed by atoms with Crippen LogP contribution in [0.1, 0.15) is 41.7 Å². The molecule has 1 atom stereocenters. The number of benzene rings is 3. The molecule has 5 nitrogen and oxygen atoms in total. The third-order valence-electron chi connectivity index (χ3n) is 5.52. The van der Waals surface area contributed by atoms with Crippen LogP contribution in [0.4, 0.5) is 0 Å². The molecule has 33 heavy (non-hydrogen) atoms. The fourth-order valence-electron chi connectivity index (χ4n) is 3.90. The maximum absolute atomic E-state index is 13.7. The Morgan fingerprint density at radius 1 is 0.970 bits per heavy atom. The van der Waals surface area contributed by atoms with Crippen LogP contribution in [0.5, 0.6) is 5.75 Å². The minimum atomic E-state index is -0.234. The van der Waals surface area contributed by atoms with Gasteiger partial charge in [-0.1, -0.05) is 85.8 Å². The second-order valence-electron chi connectivity index (χ2n) is 7.70. The van der Waals surface area contributed by atoms with Crippen LogP contribution >= 0.6 is 0 Å². The predicted molar refractivity (Wildman–Crippen MR) is 130 cm³/mol. The molecule has 1 N–H and O–H groups in total. The average Bonchev–Trinajstić information content (AvgIpc) is 2.87. The summed E-state index contributed by atoms with van der Waals surface area (Å²) in [4.78, 5) is 29.5. The molecule has 0 unspecified atom stereocenters. The molecule has 0 aliphatic carbocycles. The number of hydrogen-bond acceptors (Lipinski definition) is 4. The minimum absolute atomic E-state index is 0.145. The number of carbonyl (C=O) groups is 2. The average molecular weight is 439 g/mol. The smallest absolute Gasteiger partial charge is 0.256 e. The number of pyridine rings is 1. The van der Waals surface area contributed by atoms with Crippen LogP contribution in [-0.4, -0.2) is 23.8 Å². The van der Waals surface area contributed by atoms with Crippen molar-refractivity contribution in [1.29, 1.82) is 0 Å². The number of amides is 1. The first-order valence-corrected chi connectivity index (χ1v) is 11.1. The van der Waals surface area contributed by atoms with E-state index in [4.69, 9.17) is 9.72 Å². The van der Waals surface area contributed by atoms with Crippen LogP contribution in [0.15, 0.2) is 84.9 Å². The van der Waals surface area contributed by atoms with Gasteiger partial charge < -0.3 is 14.8 Å². The molecule has 166 valence electrons. The zero-order valence-corrected chi connectivity index (χ0v) is 18.5. The Balaban J connectivity index is 1.86. The van der Waals surface area contributed by atoms with Crippen molar-refractivity contribution in [3.63, 3.8) is 0 Å². The van der Waals surface area contributed by atoms with Crippen LogP contribution in [-0.2, 0) is 4.79 Å². The summed E-state index contributed by atoms with van der Waals surface area (Å²) in [7, 11) is 0. The van der Waals surface area contributed by atoms with Crippen molar-refractivity contribution in [1.82, 2.24) is 10.3 Å². The number of aldehydes is 1. The summed E-state index contributed by atoms with van der Waals surface area (Å²) < 4.78 is 6.06. The van der Waals surface area contributed by atoms with E-state index < -0.39 is 0 Å². The van der Waals surface area contributed by atoms with Gasteiger partial charge in [-0.25, -0.2) is 4.98 Å². The van der Waals surface area contributed by atoms with E-state index >= 15 is 0 Å². The molecule has 1 heterocycles. The first-order valence-electron chi connectivity index (χ1n) is 11.1. The largest absolute Gasteiger partial charge is 0.490 e. The first-order chi connectivity index (χ1) is 16.2. The van der Waals surface area contributed by atoms with Gasteiger partial charge in [-0.2, -0.15) is 0 Å². The second kappa shape index (κ2) is 10.6. The van der Waals surface area contributed by atoms with E-state index in [9.17, 15) is 9.59 Å². The second-order valence-corrected chi connectivity index (χ2v) is 7.70. The fourth-order valence-corrected chi connectivity index (χ4v) is 3.90. The number of fused-ring (bicyclic) bond motifs is 1. The lowest BCUT2D eigenvalue weighted by molar-refractivity contribution is -0.108. The molecular weight excluding hydrogens is 412 g/mol. The van der Waals surface area contributed by atoms with Crippen molar-refractivity contribution >= 4 is 23.1 Å². The van der Waals surface area contributed by atoms with Crippen molar-refractivity contribution in [2.45, 2.75) is 25.8 Å². The highest BCUT2D eigenvalue weighted by Gasteiger charge is 2.25. The Hall–Kier alpha value is -3.99. The third kappa shape index (κ3) is 4.93. The summed E-state index contributed by atoms with van der Waals surface area (Å²) in [6.07, 6.45) is 1.77. The number of nitrogens with one attached hydrogen (secondary N) is 1. The van der Waals surface area contributed by atoms with E-state index in [0.717, 1.165) is 23.8 Å². The molecule has 0 fully saturated rings. The van der Waals surface area contributed by atoms with Crippen molar-refractivity contribution in [2.24, 2.45) is 0 Å².